The minimum Gasteiger partial charge on any atom is -0.367 e. The number of imidazole rings is 1. The van der Waals surface area contributed by atoms with E-state index >= 15 is 0 Å². The van der Waals surface area contributed by atoms with Gasteiger partial charge in [-0.1, -0.05) is 31.4 Å². The molecule has 5 heteroatoms. The topological polar surface area (TPSA) is 66.0 Å². The van der Waals surface area contributed by atoms with Gasteiger partial charge < -0.3 is 5.32 Å². The summed E-state index contributed by atoms with van der Waals surface area (Å²) in [5.74, 6) is 1.02. The predicted octanol–water partition coefficient (Wildman–Crippen LogP) is 4.01. The van der Waals surface area contributed by atoms with Crippen molar-refractivity contribution in [1.82, 2.24) is 14.4 Å². The van der Waals surface area contributed by atoms with Gasteiger partial charge >= 0.3 is 0 Å². The standard InChI is InChI=1S/C19H19N5/c20-12-14-6-8-15(9-7-14)18-19(22-16-4-2-1-3-5-16)24-11-10-21-13-17(24)23-18/h6-11,13,16,22H,1-5H2. The zero-order chi connectivity index (χ0) is 16.4. The van der Waals surface area contributed by atoms with E-state index < -0.39 is 0 Å². The number of nitrogens with zero attached hydrogens (tertiary/aromatic N) is 4. The number of anilines is 1. The molecule has 0 unspecified atom stereocenters. The van der Waals surface area contributed by atoms with E-state index in [1.807, 2.05) is 30.5 Å². The molecule has 0 amide bonds. The summed E-state index contributed by atoms with van der Waals surface area (Å²) in [4.78, 5) is 8.94. The Kier molecular flexibility index (Phi) is 3.87. The first kappa shape index (κ1) is 14.7. The first-order chi connectivity index (χ1) is 11.8. The van der Waals surface area contributed by atoms with E-state index in [2.05, 4.69) is 20.8 Å². The summed E-state index contributed by atoms with van der Waals surface area (Å²) in [6, 6.07) is 10.2. The second kappa shape index (κ2) is 6.32. The largest absolute Gasteiger partial charge is 0.367 e. The Balaban J connectivity index is 1.78. The maximum Gasteiger partial charge on any atom is 0.157 e. The van der Waals surface area contributed by atoms with Crippen molar-refractivity contribution in [3.8, 4) is 17.3 Å². The van der Waals surface area contributed by atoms with Gasteiger partial charge in [0.25, 0.3) is 0 Å². The third kappa shape index (κ3) is 2.71. The summed E-state index contributed by atoms with van der Waals surface area (Å²) in [5, 5.41) is 12.7. The molecule has 120 valence electrons. The van der Waals surface area contributed by atoms with E-state index in [4.69, 9.17) is 10.2 Å². The van der Waals surface area contributed by atoms with Gasteiger partial charge in [-0.2, -0.15) is 5.26 Å². The average Bonchev–Trinajstić information content (AvgIpc) is 3.01. The van der Waals surface area contributed by atoms with Crippen LogP contribution in [0, 0.1) is 11.3 Å². The summed E-state index contributed by atoms with van der Waals surface area (Å²) in [6.45, 7) is 0. The van der Waals surface area contributed by atoms with Gasteiger partial charge in [0.2, 0.25) is 0 Å². The quantitative estimate of drug-likeness (QED) is 0.792. The average molecular weight is 317 g/mol. The summed E-state index contributed by atoms with van der Waals surface area (Å²) in [5.41, 5.74) is 3.41. The van der Waals surface area contributed by atoms with Crippen LogP contribution in [0.2, 0.25) is 0 Å². The number of benzene rings is 1. The van der Waals surface area contributed by atoms with E-state index in [0.717, 1.165) is 22.7 Å². The van der Waals surface area contributed by atoms with Crippen LogP contribution in [0.4, 0.5) is 5.82 Å². The lowest BCUT2D eigenvalue weighted by molar-refractivity contribution is 0.461. The number of nitriles is 1. The third-order valence-corrected chi connectivity index (χ3v) is 4.66. The minimum atomic E-state index is 0.490. The van der Waals surface area contributed by atoms with E-state index in [-0.39, 0.29) is 0 Å². The molecule has 4 rings (SSSR count). The van der Waals surface area contributed by atoms with Gasteiger partial charge in [-0.3, -0.25) is 9.38 Å². The summed E-state index contributed by atoms with van der Waals surface area (Å²) >= 11 is 0. The lowest BCUT2D eigenvalue weighted by atomic mass is 9.95. The zero-order valence-electron chi connectivity index (χ0n) is 13.4. The Morgan fingerprint density at radius 1 is 1.12 bits per heavy atom. The van der Waals surface area contributed by atoms with Crippen molar-refractivity contribution in [2.24, 2.45) is 0 Å². The molecule has 0 radical (unpaired) electrons. The molecule has 5 nitrogen and oxygen atoms in total. The van der Waals surface area contributed by atoms with Crippen LogP contribution >= 0.6 is 0 Å². The normalized spacial score (nSPS) is 15.3. The van der Waals surface area contributed by atoms with Gasteiger partial charge in [0.1, 0.15) is 11.5 Å². The van der Waals surface area contributed by atoms with Crippen LogP contribution in [0.1, 0.15) is 37.7 Å². The SMILES string of the molecule is N#Cc1ccc(-c2nc3cnccn3c2NC2CCCCC2)cc1. The number of hydrogen-bond acceptors (Lipinski definition) is 4. The Morgan fingerprint density at radius 2 is 1.92 bits per heavy atom. The van der Waals surface area contributed by atoms with Crippen molar-refractivity contribution in [2.45, 2.75) is 38.1 Å². The van der Waals surface area contributed by atoms with Crippen molar-refractivity contribution in [3.05, 3.63) is 48.4 Å². The van der Waals surface area contributed by atoms with Gasteiger partial charge in [-0.05, 0) is 25.0 Å². The van der Waals surface area contributed by atoms with E-state index in [1.165, 1.54) is 32.1 Å². The van der Waals surface area contributed by atoms with Crippen molar-refractivity contribution < 1.29 is 0 Å². The molecule has 24 heavy (non-hydrogen) atoms. The molecule has 1 aliphatic rings. The minimum absolute atomic E-state index is 0.490. The fourth-order valence-corrected chi connectivity index (χ4v) is 3.39. The highest BCUT2D eigenvalue weighted by Crippen LogP contribution is 2.31. The van der Waals surface area contributed by atoms with Crippen molar-refractivity contribution >= 4 is 11.5 Å². The summed E-state index contributed by atoms with van der Waals surface area (Å²) < 4.78 is 2.06. The molecule has 1 aromatic carbocycles. The molecule has 0 bridgehead atoms. The van der Waals surface area contributed by atoms with Crippen LogP contribution in [0.15, 0.2) is 42.9 Å². The number of rotatable bonds is 3. The molecule has 0 saturated heterocycles. The van der Waals surface area contributed by atoms with Crippen molar-refractivity contribution in [3.63, 3.8) is 0 Å². The molecule has 0 atom stereocenters. The molecule has 0 spiro atoms. The fourth-order valence-electron chi connectivity index (χ4n) is 3.39. The number of nitrogens with one attached hydrogen (secondary N) is 1. The molecular formula is C19H19N5. The summed E-state index contributed by atoms with van der Waals surface area (Å²) in [7, 11) is 0. The van der Waals surface area contributed by atoms with Crippen LogP contribution in [0.3, 0.4) is 0 Å². The summed E-state index contributed by atoms with van der Waals surface area (Å²) in [6.07, 6.45) is 11.8. The highest BCUT2D eigenvalue weighted by molar-refractivity contribution is 5.76. The Labute approximate surface area is 141 Å². The molecule has 1 N–H and O–H groups in total. The Morgan fingerprint density at radius 3 is 2.67 bits per heavy atom. The van der Waals surface area contributed by atoms with Gasteiger partial charge in [0.05, 0.1) is 17.8 Å². The van der Waals surface area contributed by atoms with Crippen LogP contribution in [-0.2, 0) is 0 Å². The molecule has 3 aromatic rings. The monoisotopic (exact) mass is 317 g/mol. The molecule has 2 aromatic heterocycles. The van der Waals surface area contributed by atoms with Crippen molar-refractivity contribution in [1.29, 1.82) is 5.26 Å². The molecule has 1 saturated carbocycles. The number of hydrogen-bond donors (Lipinski definition) is 1. The third-order valence-electron chi connectivity index (χ3n) is 4.66. The van der Waals surface area contributed by atoms with Gasteiger partial charge in [-0.15, -0.1) is 0 Å². The molecule has 1 fully saturated rings. The highest BCUT2D eigenvalue weighted by atomic mass is 15.2. The molecular weight excluding hydrogens is 298 g/mol. The molecule has 1 aliphatic carbocycles. The molecule has 0 aliphatic heterocycles. The van der Waals surface area contributed by atoms with E-state index in [1.54, 1.807) is 12.4 Å². The maximum atomic E-state index is 8.99. The van der Waals surface area contributed by atoms with Gasteiger partial charge in [-0.25, -0.2) is 4.98 Å². The van der Waals surface area contributed by atoms with Crippen molar-refractivity contribution in [2.75, 3.05) is 5.32 Å². The van der Waals surface area contributed by atoms with Crippen LogP contribution < -0.4 is 5.32 Å². The first-order valence-corrected chi connectivity index (χ1v) is 8.44. The second-order valence-corrected chi connectivity index (χ2v) is 6.28. The van der Waals surface area contributed by atoms with E-state index in [0.29, 0.717) is 11.6 Å². The molecule has 2 heterocycles. The van der Waals surface area contributed by atoms with Gasteiger partial charge in [0.15, 0.2) is 5.65 Å². The zero-order valence-corrected chi connectivity index (χ0v) is 13.4. The fraction of sp³-hybridized carbons (Fsp3) is 0.316. The predicted molar refractivity (Wildman–Crippen MR) is 93.6 cm³/mol. The van der Waals surface area contributed by atoms with Crippen LogP contribution in [-0.4, -0.2) is 20.4 Å². The maximum absolute atomic E-state index is 8.99. The number of aromatic nitrogens is 3. The number of fused-ring (bicyclic) bond motifs is 1. The Hall–Kier alpha value is -2.87. The lowest BCUT2D eigenvalue weighted by Gasteiger charge is -2.24. The van der Waals surface area contributed by atoms with Crippen LogP contribution in [0.5, 0.6) is 0 Å². The highest BCUT2D eigenvalue weighted by Gasteiger charge is 2.19. The smallest absolute Gasteiger partial charge is 0.157 e. The first-order valence-electron chi connectivity index (χ1n) is 8.44. The van der Waals surface area contributed by atoms with Crippen LogP contribution in [0.25, 0.3) is 16.9 Å². The Bertz CT molecular complexity index is 882. The second-order valence-electron chi connectivity index (χ2n) is 6.28. The lowest BCUT2D eigenvalue weighted by Crippen LogP contribution is -2.23. The van der Waals surface area contributed by atoms with Gasteiger partial charge in [0, 0.05) is 24.0 Å². The van der Waals surface area contributed by atoms with E-state index in [9.17, 15) is 0 Å².